The molecule has 7 heteroatoms. The number of aromatic nitrogens is 2. The lowest BCUT2D eigenvalue weighted by molar-refractivity contribution is 0.249. The number of urea groups is 1. The highest BCUT2D eigenvalue weighted by Crippen LogP contribution is 2.14. The molecule has 0 aromatic carbocycles. The Morgan fingerprint density at radius 2 is 2.15 bits per heavy atom. The molecule has 104 valence electrons. The Labute approximate surface area is 123 Å². The molecule has 1 unspecified atom stereocenters. The lowest BCUT2D eigenvalue weighted by Gasteiger charge is -2.14. The molecule has 0 aliphatic rings. The number of carbonyl (C=O) groups is 1. The largest absolute Gasteiger partial charge is 0.330 e. The second-order valence-corrected chi connectivity index (χ2v) is 4.97. The molecule has 0 bridgehead atoms. The maximum absolute atomic E-state index is 13.5. The van der Waals surface area contributed by atoms with Gasteiger partial charge in [-0.15, -0.1) is 0 Å². The van der Waals surface area contributed by atoms with Crippen molar-refractivity contribution in [1.29, 1.82) is 0 Å². The fraction of sp³-hybridized carbons (Fsp3) is 0.154. The minimum Gasteiger partial charge on any atom is -0.330 e. The van der Waals surface area contributed by atoms with Crippen molar-refractivity contribution in [3.63, 3.8) is 0 Å². The van der Waals surface area contributed by atoms with Gasteiger partial charge in [-0.3, -0.25) is 10.3 Å². The van der Waals surface area contributed by atoms with Gasteiger partial charge >= 0.3 is 6.03 Å². The van der Waals surface area contributed by atoms with Gasteiger partial charge in [0.25, 0.3) is 0 Å². The van der Waals surface area contributed by atoms with E-state index >= 15 is 0 Å². The molecule has 2 N–H and O–H groups in total. The second kappa shape index (κ2) is 6.42. The average Bonchev–Trinajstić information content (AvgIpc) is 2.41. The molecule has 0 saturated carbocycles. The summed E-state index contributed by atoms with van der Waals surface area (Å²) in [6.45, 7) is 1.65. The molecule has 2 aromatic rings. The number of pyridine rings is 2. The van der Waals surface area contributed by atoms with Crippen LogP contribution >= 0.6 is 15.9 Å². The van der Waals surface area contributed by atoms with E-state index in [0.717, 1.165) is 4.47 Å². The van der Waals surface area contributed by atoms with E-state index in [9.17, 15) is 9.18 Å². The van der Waals surface area contributed by atoms with Crippen LogP contribution in [0.15, 0.2) is 41.1 Å². The highest BCUT2D eigenvalue weighted by molar-refractivity contribution is 9.10. The van der Waals surface area contributed by atoms with E-state index < -0.39 is 17.9 Å². The number of hydrogen-bond donors (Lipinski definition) is 2. The summed E-state index contributed by atoms with van der Waals surface area (Å²) >= 11 is 3.25. The maximum Gasteiger partial charge on any atom is 0.320 e. The van der Waals surface area contributed by atoms with Crippen molar-refractivity contribution in [1.82, 2.24) is 15.3 Å². The quantitative estimate of drug-likeness (QED) is 0.902. The standard InChI is InChI=1S/C13H12BrFN4O/c1-8(12-10(15)3-2-6-16-12)18-13(20)19-11-5-4-9(14)7-17-11/h2-8H,1H3,(H2,17,18,19,20). The topological polar surface area (TPSA) is 66.9 Å². The zero-order valence-electron chi connectivity index (χ0n) is 10.6. The molecule has 5 nitrogen and oxygen atoms in total. The van der Waals surface area contributed by atoms with Gasteiger partial charge in [-0.1, -0.05) is 0 Å². The van der Waals surface area contributed by atoms with Crippen LogP contribution in [-0.2, 0) is 0 Å². The van der Waals surface area contributed by atoms with E-state index in [1.807, 2.05) is 0 Å². The van der Waals surface area contributed by atoms with Gasteiger partial charge in [-0.05, 0) is 47.1 Å². The van der Waals surface area contributed by atoms with Crippen molar-refractivity contribution in [3.8, 4) is 0 Å². The highest BCUT2D eigenvalue weighted by atomic mass is 79.9. The Hall–Kier alpha value is -2.02. The number of rotatable bonds is 3. The van der Waals surface area contributed by atoms with Gasteiger partial charge in [0.2, 0.25) is 0 Å². The smallest absolute Gasteiger partial charge is 0.320 e. The van der Waals surface area contributed by atoms with Crippen LogP contribution in [0.5, 0.6) is 0 Å². The molecule has 0 spiro atoms. The summed E-state index contributed by atoms with van der Waals surface area (Å²) in [5.74, 6) is -0.0542. The van der Waals surface area contributed by atoms with E-state index in [2.05, 4.69) is 36.5 Å². The van der Waals surface area contributed by atoms with Crippen LogP contribution in [0.25, 0.3) is 0 Å². The lowest BCUT2D eigenvalue weighted by atomic mass is 10.2. The van der Waals surface area contributed by atoms with Crippen molar-refractivity contribution in [2.45, 2.75) is 13.0 Å². The predicted octanol–water partition coefficient (Wildman–Crippen LogP) is 3.26. The number of hydrogen-bond acceptors (Lipinski definition) is 3. The van der Waals surface area contributed by atoms with Gasteiger partial charge in [0, 0.05) is 16.9 Å². The zero-order valence-corrected chi connectivity index (χ0v) is 12.2. The normalized spacial score (nSPS) is 11.8. The third kappa shape index (κ3) is 3.74. The molecule has 2 amide bonds. The van der Waals surface area contributed by atoms with Crippen molar-refractivity contribution in [2.75, 3.05) is 5.32 Å². The van der Waals surface area contributed by atoms with E-state index in [4.69, 9.17) is 0 Å². The number of carbonyl (C=O) groups excluding carboxylic acids is 1. The fourth-order valence-corrected chi connectivity index (χ4v) is 1.82. The highest BCUT2D eigenvalue weighted by Gasteiger charge is 2.14. The first-order valence-electron chi connectivity index (χ1n) is 5.86. The van der Waals surface area contributed by atoms with Crippen LogP contribution in [0.4, 0.5) is 15.0 Å². The molecule has 2 heterocycles. The maximum atomic E-state index is 13.5. The first kappa shape index (κ1) is 14.4. The molecule has 0 radical (unpaired) electrons. The van der Waals surface area contributed by atoms with Crippen LogP contribution in [0.3, 0.4) is 0 Å². The molecule has 0 saturated heterocycles. The monoisotopic (exact) mass is 338 g/mol. The predicted molar refractivity (Wildman–Crippen MR) is 76.7 cm³/mol. The minimum atomic E-state index is -0.549. The summed E-state index contributed by atoms with van der Waals surface area (Å²) < 4.78 is 14.3. The number of nitrogens with zero attached hydrogens (tertiary/aromatic N) is 2. The number of amides is 2. The molecule has 20 heavy (non-hydrogen) atoms. The van der Waals surface area contributed by atoms with Gasteiger partial charge in [-0.2, -0.15) is 0 Å². The molecule has 2 rings (SSSR count). The number of anilines is 1. The second-order valence-electron chi connectivity index (χ2n) is 4.05. The Balaban J connectivity index is 1.98. The molecule has 2 aromatic heterocycles. The van der Waals surface area contributed by atoms with Crippen LogP contribution in [0.2, 0.25) is 0 Å². The van der Waals surface area contributed by atoms with E-state index in [-0.39, 0.29) is 5.69 Å². The Morgan fingerprint density at radius 3 is 2.80 bits per heavy atom. The first-order valence-corrected chi connectivity index (χ1v) is 6.65. The molecule has 1 atom stereocenters. The van der Waals surface area contributed by atoms with Crippen LogP contribution in [0, 0.1) is 5.82 Å². The van der Waals surface area contributed by atoms with Crippen LogP contribution in [0.1, 0.15) is 18.7 Å². The summed E-state index contributed by atoms with van der Waals surface area (Å²) in [4.78, 5) is 19.7. The third-order valence-corrected chi connectivity index (χ3v) is 2.98. The van der Waals surface area contributed by atoms with Crippen molar-refractivity contribution < 1.29 is 9.18 Å². The fourth-order valence-electron chi connectivity index (χ4n) is 1.58. The summed E-state index contributed by atoms with van der Waals surface area (Å²) in [6.07, 6.45) is 3.04. The van der Waals surface area contributed by atoms with Crippen LogP contribution < -0.4 is 10.6 Å². The number of halogens is 2. The molecule has 0 aliphatic heterocycles. The SMILES string of the molecule is CC(NC(=O)Nc1ccc(Br)cn1)c1ncccc1F. The Morgan fingerprint density at radius 1 is 1.35 bits per heavy atom. The van der Waals surface area contributed by atoms with E-state index in [0.29, 0.717) is 5.82 Å². The van der Waals surface area contributed by atoms with Gasteiger partial charge in [0.05, 0.1) is 11.7 Å². The van der Waals surface area contributed by atoms with Gasteiger partial charge < -0.3 is 5.32 Å². The third-order valence-electron chi connectivity index (χ3n) is 2.51. The summed E-state index contributed by atoms with van der Waals surface area (Å²) in [6, 6.07) is 5.18. The van der Waals surface area contributed by atoms with E-state index in [1.165, 1.54) is 18.3 Å². The lowest BCUT2D eigenvalue weighted by Crippen LogP contribution is -2.32. The summed E-state index contributed by atoms with van der Waals surface area (Å²) in [5.41, 5.74) is 0.186. The average molecular weight is 339 g/mol. The van der Waals surface area contributed by atoms with Crippen molar-refractivity contribution in [3.05, 3.63) is 52.6 Å². The summed E-state index contributed by atoms with van der Waals surface area (Å²) in [5, 5.41) is 5.15. The van der Waals surface area contributed by atoms with E-state index in [1.54, 1.807) is 25.3 Å². The minimum absolute atomic E-state index is 0.186. The molecular weight excluding hydrogens is 327 g/mol. The molecule has 0 fully saturated rings. The van der Waals surface area contributed by atoms with Crippen molar-refractivity contribution in [2.24, 2.45) is 0 Å². The summed E-state index contributed by atoms with van der Waals surface area (Å²) in [7, 11) is 0. The molecule has 0 aliphatic carbocycles. The van der Waals surface area contributed by atoms with Crippen molar-refractivity contribution >= 4 is 27.8 Å². The Kier molecular flexibility index (Phi) is 4.62. The van der Waals surface area contributed by atoms with Gasteiger partial charge in [0.1, 0.15) is 11.6 Å². The number of nitrogens with one attached hydrogen (secondary N) is 2. The van der Waals surface area contributed by atoms with Gasteiger partial charge in [0.15, 0.2) is 0 Å². The van der Waals surface area contributed by atoms with Gasteiger partial charge in [-0.25, -0.2) is 14.2 Å². The zero-order chi connectivity index (χ0) is 14.5. The Bertz CT molecular complexity index is 606. The molecular formula is C13H12BrFN4O. The first-order chi connectivity index (χ1) is 9.56. The van der Waals surface area contributed by atoms with Crippen LogP contribution in [-0.4, -0.2) is 16.0 Å².